The normalized spacial score (nSPS) is 42.5. The maximum absolute atomic E-state index is 12.5. The van der Waals surface area contributed by atoms with Crippen molar-refractivity contribution in [2.45, 2.75) is 64.3 Å². The largest absolute Gasteiger partial charge is 0.349 e. The van der Waals surface area contributed by atoms with Gasteiger partial charge in [0.2, 0.25) is 5.91 Å². The minimum absolute atomic E-state index is 0.0269. The monoisotopic (exact) mass is 260 g/mol. The van der Waals surface area contributed by atoms with Gasteiger partial charge in [-0.15, -0.1) is 0 Å². The number of nitrogens with one attached hydrogen (secondary N) is 1. The van der Waals surface area contributed by atoms with E-state index in [9.17, 15) is 10.1 Å². The van der Waals surface area contributed by atoms with E-state index >= 15 is 0 Å². The quantitative estimate of drug-likeness (QED) is 0.848. The van der Waals surface area contributed by atoms with E-state index in [0.29, 0.717) is 6.42 Å². The van der Waals surface area contributed by atoms with Gasteiger partial charge >= 0.3 is 0 Å². The summed E-state index contributed by atoms with van der Waals surface area (Å²) in [5.74, 6) is 2.42. The van der Waals surface area contributed by atoms with Crippen molar-refractivity contribution in [2.24, 2.45) is 23.2 Å². The molecule has 0 aromatic carbocycles. The fraction of sp³-hybridized carbons (Fsp3) is 0.875. The van der Waals surface area contributed by atoms with Crippen molar-refractivity contribution in [1.82, 2.24) is 5.32 Å². The van der Waals surface area contributed by atoms with Gasteiger partial charge in [-0.3, -0.25) is 4.79 Å². The maximum Gasteiger partial charge on any atom is 0.240 e. The molecular formula is C16H24N2O. The fourth-order valence-corrected chi connectivity index (χ4v) is 4.93. The van der Waals surface area contributed by atoms with E-state index in [1.807, 2.05) is 6.92 Å². The van der Waals surface area contributed by atoms with Gasteiger partial charge in [0.05, 0.1) is 6.07 Å². The average molecular weight is 260 g/mol. The summed E-state index contributed by atoms with van der Waals surface area (Å²) >= 11 is 0. The van der Waals surface area contributed by atoms with E-state index in [1.165, 1.54) is 19.3 Å². The first kappa shape index (κ1) is 13.0. The SMILES string of the molecule is CCC(C)(C#N)C(=O)NC12CC3CC(CC(C3)C1)C2. The minimum Gasteiger partial charge on any atom is -0.349 e. The van der Waals surface area contributed by atoms with Crippen LogP contribution in [0.25, 0.3) is 0 Å². The summed E-state index contributed by atoms with van der Waals surface area (Å²) < 4.78 is 0. The lowest BCUT2D eigenvalue weighted by molar-refractivity contribution is -0.133. The minimum atomic E-state index is -0.858. The van der Waals surface area contributed by atoms with E-state index in [2.05, 4.69) is 11.4 Å². The van der Waals surface area contributed by atoms with Crippen LogP contribution in [0.2, 0.25) is 0 Å². The number of hydrogen-bond acceptors (Lipinski definition) is 2. The molecule has 4 bridgehead atoms. The van der Waals surface area contributed by atoms with Crippen molar-refractivity contribution >= 4 is 5.91 Å². The summed E-state index contributed by atoms with van der Waals surface area (Å²) in [5, 5.41) is 12.6. The van der Waals surface area contributed by atoms with Crippen molar-refractivity contribution < 1.29 is 4.79 Å². The molecule has 0 saturated heterocycles. The van der Waals surface area contributed by atoms with Crippen LogP contribution in [0.4, 0.5) is 0 Å². The molecule has 1 atom stereocenters. The summed E-state index contributed by atoms with van der Waals surface area (Å²) in [6, 6.07) is 2.20. The molecule has 0 aromatic rings. The highest BCUT2D eigenvalue weighted by atomic mass is 16.2. The highest BCUT2D eigenvalue weighted by Gasteiger charge is 2.52. The van der Waals surface area contributed by atoms with E-state index in [4.69, 9.17) is 0 Å². The molecule has 4 rings (SSSR count). The van der Waals surface area contributed by atoms with E-state index in [-0.39, 0.29) is 11.4 Å². The molecule has 0 aliphatic heterocycles. The molecule has 0 heterocycles. The zero-order valence-electron chi connectivity index (χ0n) is 12.0. The Morgan fingerprint density at radius 1 is 1.26 bits per heavy atom. The first-order chi connectivity index (χ1) is 8.98. The molecule has 19 heavy (non-hydrogen) atoms. The van der Waals surface area contributed by atoms with Gasteiger partial charge in [-0.25, -0.2) is 0 Å². The number of nitrogens with zero attached hydrogens (tertiary/aromatic N) is 1. The first-order valence-electron chi connectivity index (χ1n) is 7.72. The second-order valence-electron chi connectivity index (χ2n) is 7.45. The van der Waals surface area contributed by atoms with Crippen LogP contribution in [0.1, 0.15) is 58.8 Å². The van der Waals surface area contributed by atoms with Crippen LogP contribution in [-0.2, 0) is 4.79 Å². The first-order valence-corrected chi connectivity index (χ1v) is 7.72. The van der Waals surface area contributed by atoms with Gasteiger partial charge in [0.1, 0.15) is 5.41 Å². The number of carbonyl (C=O) groups is 1. The number of nitriles is 1. The lowest BCUT2D eigenvalue weighted by atomic mass is 9.53. The van der Waals surface area contributed by atoms with Crippen molar-refractivity contribution in [3.05, 3.63) is 0 Å². The molecule has 1 N–H and O–H groups in total. The Balaban J connectivity index is 1.77. The molecule has 4 fully saturated rings. The fourth-order valence-electron chi connectivity index (χ4n) is 4.93. The van der Waals surface area contributed by atoms with Crippen molar-refractivity contribution in [1.29, 1.82) is 5.26 Å². The topological polar surface area (TPSA) is 52.9 Å². The molecule has 1 unspecified atom stereocenters. The number of rotatable bonds is 3. The molecule has 1 amide bonds. The standard InChI is InChI=1S/C16H24N2O/c1-3-15(2,10-17)14(19)18-16-7-11-4-12(8-16)6-13(5-11)9-16/h11-13H,3-9H2,1-2H3,(H,18,19). The Hall–Kier alpha value is -1.04. The second kappa shape index (κ2) is 4.23. The Labute approximate surface area is 115 Å². The predicted octanol–water partition coefficient (Wildman–Crippen LogP) is 3.01. The van der Waals surface area contributed by atoms with Gasteiger partial charge in [-0.1, -0.05) is 6.92 Å². The number of carbonyl (C=O) groups excluding carboxylic acids is 1. The van der Waals surface area contributed by atoms with Crippen LogP contribution in [0.3, 0.4) is 0 Å². The van der Waals surface area contributed by atoms with Crippen molar-refractivity contribution in [3.8, 4) is 6.07 Å². The highest BCUT2D eigenvalue weighted by molar-refractivity contribution is 5.85. The average Bonchev–Trinajstić information content (AvgIpc) is 2.35. The van der Waals surface area contributed by atoms with Crippen LogP contribution >= 0.6 is 0 Å². The van der Waals surface area contributed by atoms with E-state index < -0.39 is 5.41 Å². The van der Waals surface area contributed by atoms with Gasteiger partial charge < -0.3 is 5.32 Å². The summed E-state index contributed by atoms with van der Waals surface area (Å²) in [6.45, 7) is 3.69. The second-order valence-corrected chi connectivity index (χ2v) is 7.45. The lowest BCUT2D eigenvalue weighted by Gasteiger charge is -2.57. The highest BCUT2D eigenvalue weighted by Crippen LogP contribution is 2.55. The van der Waals surface area contributed by atoms with Gasteiger partial charge in [0.25, 0.3) is 0 Å². The molecule has 3 heteroatoms. The molecule has 4 aliphatic rings. The Kier molecular flexibility index (Phi) is 2.89. The zero-order valence-corrected chi connectivity index (χ0v) is 12.0. The molecule has 4 aliphatic carbocycles. The zero-order chi connectivity index (χ0) is 13.7. The molecule has 104 valence electrons. The molecule has 3 nitrogen and oxygen atoms in total. The molecule has 0 spiro atoms. The molecule has 0 radical (unpaired) electrons. The van der Waals surface area contributed by atoms with Crippen LogP contribution in [0, 0.1) is 34.5 Å². The van der Waals surface area contributed by atoms with E-state index in [0.717, 1.165) is 37.0 Å². The van der Waals surface area contributed by atoms with Crippen LogP contribution in [0.5, 0.6) is 0 Å². The van der Waals surface area contributed by atoms with Gasteiger partial charge in [-0.05, 0) is 69.6 Å². The third-order valence-electron chi connectivity index (χ3n) is 5.87. The summed E-state index contributed by atoms with van der Waals surface area (Å²) in [6.07, 6.45) is 8.15. The molecule has 4 saturated carbocycles. The van der Waals surface area contributed by atoms with Crippen molar-refractivity contribution in [2.75, 3.05) is 0 Å². The van der Waals surface area contributed by atoms with Gasteiger partial charge in [-0.2, -0.15) is 5.26 Å². The predicted molar refractivity (Wildman–Crippen MR) is 73.1 cm³/mol. The van der Waals surface area contributed by atoms with Crippen LogP contribution in [0.15, 0.2) is 0 Å². The Bertz CT molecular complexity index is 401. The Morgan fingerprint density at radius 3 is 2.11 bits per heavy atom. The van der Waals surface area contributed by atoms with E-state index in [1.54, 1.807) is 6.92 Å². The van der Waals surface area contributed by atoms with Crippen LogP contribution in [-0.4, -0.2) is 11.4 Å². The third kappa shape index (κ3) is 2.06. The summed E-state index contributed by atoms with van der Waals surface area (Å²) in [4.78, 5) is 12.5. The molecular weight excluding hydrogens is 236 g/mol. The maximum atomic E-state index is 12.5. The lowest BCUT2D eigenvalue weighted by Crippen LogP contribution is -2.61. The van der Waals surface area contributed by atoms with Crippen molar-refractivity contribution in [3.63, 3.8) is 0 Å². The van der Waals surface area contributed by atoms with Gasteiger partial charge in [0, 0.05) is 5.54 Å². The van der Waals surface area contributed by atoms with Gasteiger partial charge in [0.15, 0.2) is 0 Å². The molecule has 0 aromatic heterocycles. The summed E-state index contributed by atoms with van der Waals surface area (Å²) in [5.41, 5.74) is -0.831. The van der Waals surface area contributed by atoms with Crippen LogP contribution < -0.4 is 5.32 Å². The smallest absolute Gasteiger partial charge is 0.240 e. The number of amides is 1. The summed E-state index contributed by atoms with van der Waals surface area (Å²) in [7, 11) is 0. The Morgan fingerprint density at radius 2 is 1.74 bits per heavy atom. The third-order valence-corrected chi connectivity index (χ3v) is 5.87. The number of hydrogen-bond donors (Lipinski definition) is 1.